The lowest BCUT2D eigenvalue weighted by atomic mass is 9.91. The number of aromatic nitrogens is 3. The van der Waals surface area contributed by atoms with E-state index in [1.165, 1.54) is 18.1 Å². The van der Waals surface area contributed by atoms with Gasteiger partial charge in [0, 0.05) is 5.69 Å². The van der Waals surface area contributed by atoms with Crippen LogP contribution < -0.4 is 15.0 Å². The topological polar surface area (TPSA) is 100 Å². The number of nitrogens with zero attached hydrogens (tertiary/aromatic N) is 3. The SMILES string of the molecule is CC[C@@](C)(C(=O)NC(c1ccccc1)c1ccccc1)N(C(=O)CSc1ncn[nH]1)c1ccc(OC)cc1. The normalized spacial score (nSPS) is 12.5. The molecular formula is C29H31N5O3S. The number of amides is 2. The van der Waals surface area contributed by atoms with Crippen LogP contribution in [0.5, 0.6) is 5.75 Å². The lowest BCUT2D eigenvalue weighted by molar-refractivity contribution is -0.129. The third-order valence-corrected chi connectivity index (χ3v) is 7.38. The molecule has 1 aromatic heterocycles. The average Bonchev–Trinajstić information content (AvgIpc) is 3.50. The van der Waals surface area contributed by atoms with Crippen LogP contribution in [0.25, 0.3) is 0 Å². The van der Waals surface area contributed by atoms with E-state index in [2.05, 4.69) is 20.5 Å². The van der Waals surface area contributed by atoms with Gasteiger partial charge in [0.15, 0.2) is 5.16 Å². The minimum absolute atomic E-state index is 0.0743. The summed E-state index contributed by atoms with van der Waals surface area (Å²) >= 11 is 1.24. The standard InChI is InChI=1S/C29H31N5O3S/c1-4-29(2,27(36)32-26(21-11-7-5-8-12-21)22-13-9-6-10-14-22)34(23-15-17-24(37-3)18-16-23)25(35)19-38-28-30-20-31-33-28/h5-18,20,26H,4,19H2,1-3H3,(H,32,36)(H,30,31,33)/t29-/m0/s1. The summed E-state index contributed by atoms with van der Waals surface area (Å²) in [5, 5.41) is 10.4. The molecule has 0 saturated heterocycles. The summed E-state index contributed by atoms with van der Waals surface area (Å²) in [4.78, 5) is 33.6. The molecule has 0 bridgehead atoms. The maximum Gasteiger partial charge on any atom is 0.246 e. The van der Waals surface area contributed by atoms with Crippen molar-refractivity contribution in [1.29, 1.82) is 0 Å². The first-order chi connectivity index (χ1) is 18.5. The van der Waals surface area contributed by atoms with Gasteiger partial charge in [0.1, 0.15) is 17.6 Å². The zero-order valence-electron chi connectivity index (χ0n) is 21.6. The molecule has 3 aromatic carbocycles. The third kappa shape index (κ3) is 6.06. The Bertz CT molecular complexity index is 1280. The number of thioether (sulfide) groups is 1. The van der Waals surface area contributed by atoms with Gasteiger partial charge in [0.25, 0.3) is 0 Å². The quantitative estimate of drug-likeness (QED) is 0.265. The van der Waals surface area contributed by atoms with E-state index in [1.807, 2.05) is 67.6 Å². The summed E-state index contributed by atoms with van der Waals surface area (Å²) in [6, 6.07) is 26.4. The summed E-state index contributed by atoms with van der Waals surface area (Å²) in [5.74, 6) is 0.247. The molecule has 38 heavy (non-hydrogen) atoms. The van der Waals surface area contributed by atoms with Gasteiger partial charge in [-0.15, -0.1) is 0 Å². The number of hydrogen-bond donors (Lipinski definition) is 2. The van der Waals surface area contributed by atoms with Crippen molar-refractivity contribution in [2.45, 2.75) is 37.0 Å². The molecule has 1 atom stereocenters. The van der Waals surface area contributed by atoms with Crippen molar-refractivity contribution in [2.24, 2.45) is 0 Å². The van der Waals surface area contributed by atoms with E-state index in [0.717, 1.165) is 11.1 Å². The summed E-state index contributed by atoms with van der Waals surface area (Å²) in [6.07, 6.45) is 1.78. The minimum Gasteiger partial charge on any atom is -0.497 e. The molecule has 0 fully saturated rings. The largest absolute Gasteiger partial charge is 0.497 e. The molecule has 1 heterocycles. The molecule has 2 amide bonds. The maximum absolute atomic E-state index is 14.2. The highest BCUT2D eigenvalue weighted by Gasteiger charge is 2.42. The first kappa shape index (κ1) is 26.9. The Kier molecular flexibility index (Phi) is 8.81. The Balaban J connectivity index is 1.69. The van der Waals surface area contributed by atoms with Crippen LogP contribution in [0.4, 0.5) is 5.69 Å². The predicted molar refractivity (Wildman–Crippen MR) is 149 cm³/mol. The monoisotopic (exact) mass is 529 g/mol. The van der Waals surface area contributed by atoms with Crippen LogP contribution in [-0.4, -0.2) is 45.4 Å². The Morgan fingerprint density at radius 2 is 1.61 bits per heavy atom. The van der Waals surface area contributed by atoms with Gasteiger partial charge in [-0.2, -0.15) is 5.10 Å². The van der Waals surface area contributed by atoms with Crippen LogP contribution in [0, 0.1) is 0 Å². The Labute approximate surface area is 226 Å². The summed E-state index contributed by atoms with van der Waals surface area (Å²) in [6.45, 7) is 3.71. The van der Waals surface area contributed by atoms with Gasteiger partial charge in [-0.3, -0.25) is 19.6 Å². The molecule has 0 aliphatic carbocycles. The fraction of sp³-hybridized carbons (Fsp3) is 0.241. The number of hydrogen-bond acceptors (Lipinski definition) is 6. The fourth-order valence-corrected chi connectivity index (χ4v) is 4.88. The molecule has 0 spiro atoms. The van der Waals surface area contributed by atoms with Crippen LogP contribution in [0.2, 0.25) is 0 Å². The first-order valence-electron chi connectivity index (χ1n) is 12.3. The maximum atomic E-state index is 14.2. The van der Waals surface area contributed by atoms with Crippen molar-refractivity contribution in [3.63, 3.8) is 0 Å². The van der Waals surface area contributed by atoms with Crippen molar-refractivity contribution in [3.05, 3.63) is 102 Å². The summed E-state index contributed by atoms with van der Waals surface area (Å²) in [5.41, 5.74) is 1.32. The van der Waals surface area contributed by atoms with Gasteiger partial charge >= 0.3 is 0 Å². The predicted octanol–water partition coefficient (Wildman–Crippen LogP) is 5.01. The number of carbonyl (C=O) groups excluding carboxylic acids is 2. The van der Waals surface area contributed by atoms with E-state index in [4.69, 9.17) is 4.74 Å². The van der Waals surface area contributed by atoms with E-state index < -0.39 is 5.54 Å². The third-order valence-electron chi connectivity index (χ3n) is 6.52. The number of rotatable bonds is 11. The average molecular weight is 530 g/mol. The molecule has 4 rings (SSSR count). The molecule has 0 aliphatic heterocycles. The second kappa shape index (κ2) is 12.4. The van der Waals surface area contributed by atoms with Crippen molar-refractivity contribution in [2.75, 3.05) is 17.8 Å². The summed E-state index contributed by atoms with van der Waals surface area (Å²) < 4.78 is 5.31. The van der Waals surface area contributed by atoms with Crippen LogP contribution in [0.3, 0.4) is 0 Å². The molecule has 196 valence electrons. The highest BCUT2D eigenvalue weighted by molar-refractivity contribution is 7.99. The van der Waals surface area contributed by atoms with Crippen LogP contribution in [-0.2, 0) is 9.59 Å². The number of methoxy groups -OCH3 is 1. The number of anilines is 1. The molecular weight excluding hydrogens is 498 g/mol. The lowest BCUT2D eigenvalue weighted by Crippen LogP contribution is -2.60. The van der Waals surface area contributed by atoms with Gasteiger partial charge in [-0.1, -0.05) is 79.3 Å². The smallest absolute Gasteiger partial charge is 0.246 e. The first-order valence-corrected chi connectivity index (χ1v) is 13.3. The van der Waals surface area contributed by atoms with Gasteiger partial charge in [-0.05, 0) is 48.7 Å². The molecule has 0 unspecified atom stereocenters. The molecule has 9 heteroatoms. The number of nitrogens with one attached hydrogen (secondary N) is 2. The number of carbonyl (C=O) groups is 2. The van der Waals surface area contributed by atoms with Crippen molar-refractivity contribution in [3.8, 4) is 5.75 Å². The molecule has 0 aliphatic rings. The van der Waals surface area contributed by atoms with E-state index in [9.17, 15) is 9.59 Å². The molecule has 0 saturated carbocycles. The van der Waals surface area contributed by atoms with Gasteiger partial charge in [-0.25, -0.2) is 4.98 Å². The number of benzene rings is 3. The van der Waals surface area contributed by atoms with Gasteiger partial charge in [0.2, 0.25) is 11.8 Å². The molecule has 2 N–H and O–H groups in total. The van der Waals surface area contributed by atoms with Crippen molar-refractivity contribution >= 4 is 29.3 Å². The van der Waals surface area contributed by atoms with E-state index in [-0.39, 0.29) is 23.6 Å². The van der Waals surface area contributed by atoms with E-state index >= 15 is 0 Å². The minimum atomic E-state index is -1.19. The second-order valence-corrected chi connectivity index (χ2v) is 9.83. The van der Waals surface area contributed by atoms with Crippen LogP contribution in [0.15, 0.2) is 96.4 Å². The van der Waals surface area contributed by atoms with Crippen LogP contribution in [0.1, 0.15) is 37.4 Å². The molecule has 0 radical (unpaired) electrons. The Morgan fingerprint density at radius 3 is 2.11 bits per heavy atom. The van der Waals surface area contributed by atoms with Crippen molar-refractivity contribution < 1.29 is 14.3 Å². The highest BCUT2D eigenvalue weighted by Crippen LogP contribution is 2.32. The zero-order chi connectivity index (χ0) is 27.0. The highest BCUT2D eigenvalue weighted by atomic mass is 32.2. The Hall–Kier alpha value is -4.11. The lowest BCUT2D eigenvalue weighted by Gasteiger charge is -2.40. The number of aromatic amines is 1. The molecule has 4 aromatic rings. The Morgan fingerprint density at radius 1 is 1.00 bits per heavy atom. The van der Waals surface area contributed by atoms with E-state index in [1.54, 1.807) is 43.2 Å². The number of ether oxygens (including phenoxy) is 1. The van der Waals surface area contributed by atoms with E-state index in [0.29, 0.717) is 23.0 Å². The zero-order valence-corrected chi connectivity index (χ0v) is 22.4. The fourth-order valence-electron chi connectivity index (χ4n) is 4.25. The van der Waals surface area contributed by atoms with Crippen molar-refractivity contribution in [1.82, 2.24) is 20.5 Å². The summed E-state index contributed by atoms with van der Waals surface area (Å²) in [7, 11) is 1.59. The number of H-pyrrole nitrogens is 1. The van der Waals surface area contributed by atoms with Gasteiger partial charge in [0.05, 0.1) is 18.9 Å². The molecule has 8 nitrogen and oxygen atoms in total. The van der Waals surface area contributed by atoms with Crippen LogP contribution >= 0.6 is 11.8 Å². The second-order valence-electron chi connectivity index (χ2n) is 8.86. The van der Waals surface area contributed by atoms with Gasteiger partial charge < -0.3 is 10.1 Å².